The van der Waals surface area contributed by atoms with E-state index in [1.807, 2.05) is 19.1 Å². The van der Waals surface area contributed by atoms with Crippen LogP contribution in [0.3, 0.4) is 0 Å². The molecule has 0 aliphatic heterocycles. The number of hydrogen-bond acceptors (Lipinski definition) is 2. The summed E-state index contributed by atoms with van der Waals surface area (Å²) in [5, 5.41) is 1.29. The Balaban J connectivity index is 3.03. The fourth-order valence-electron chi connectivity index (χ4n) is 1.04. The molecule has 0 fully saturated rings. The van der Waals surface area contributed by atoms with E-state index in [9.17, 15) is 9.00 Å². The number of aryl methyl sites for hydroxylation is 1. The topological polar surface area (TPSA) is 34.1 Å². The lowest BCUT2D eigenvalue weighted by atomic mass is 10.1. The van der Waals surface area contributed by atoms with Crippen molar-refractivity contribution < 1.29 is 9.00 Å². The third-order valence-corrected chi connectivity index (χ3v) is 2.51. The largest absolute Gasteiger partial charge is 0.289 e. The highest BCUT2D eigenvalue weighted by Crippen LogP contribution is 2.03. The van der Waals surface area contributed by atoms with Gasteiger partial charge in [0, 0.05) is 23.4 Å². The van der Waals surface area contributed by atoms with E-state index in [-0.39, 0.29) is 5.78 Å². The van der Waals surface area contributed by atoms with E-state index >= 15 is 0 Å². The second-order valence-corrected chi connectivity index (χ2v) is 6.51. The Hall–Kier alpha value is -1.09. The van der Waals surface area contributed by atoms with Crippen LogP contribution in [0.4, 0.5) is 0 Å². The SMILES string of the molecule is Cc1ccc(C(=O)C=S(C)(C)=O)cc1. The fraction of sp³-hybridized carbons (Fsp3) is 0.273. The van der Waals surface area contributed by atoms with Crippen LogP contribution in [0, 0.1) is 6.92 Å². The Labute approximate surface area is 85.0 Å². The molecular formula is C11H14O2S. The van der Waals surface area contributed by atoms with Gasteiger partial charge in [-0.05, 0) is 16.4 Å². The molecule has 0 atom stereocenters. The van der Waals surface area contributed by atoms with Gasteiger partial charge in [-0.3, -0.25) is 9.00 Å². The molecule has 3 heteroatoms. The van der Waals surface area contributed by atoms with Gasteiger partial charge in [0.2, 0.25) is 0 Å². The first-order valence-electron chi connectivity index (χ1n) is 4.28. The van der Waals surface area contributed by atoms with Crippen molar-refractivity contribution in [1.29, 1.82) is 0 Å². The summed E-state index contributed by atoms with van der Waals surface area (Å²) in [5.41, 5.74) is 1.70. The van der Waals surface area contributed by atoms with Crippen molar-refractivity contribution in [3.8, 4) is 0 Å². The van der Waals surface area contributed by atoms with Crippen molar-refractivity contribution >= 4 is 20.7 Å². The molecule has 0 N–H and O–H groups in total. The number of benzene rings is 1. The van der Waals surface area contributed by atoms with Gasteiger partial charge >= 0.3 is 0 Å². The number of Topliss-reactive ketones (excluding diaryl/α,β-unsaturated/α-hetero) is 1. The molecule has 0 saturated carbocycles. The van der Waals surface area contributed by atoms with Gasteiger partial charge in [0.05, 0.1) is 0 Å². The summed E-state index contributed by atoms with van der Waals surface area (Å²) in [7, 11) is -2.11. The van der Waals surface area contributed by atoms with Gasteiger partial charge in [0.15, 0.2) is 5.78 Å². The van der Waals surface area contributed by atoms with Gasteiger partial charge in [-0.25, -0.2) is 0 Å². The number of carbonyl (C=O) groups is 1. The molecule has 0 spiro atoms. The first-order valence-corrected chi connectivity index (χ1v) is 6.72. The molecule has 0 bridgehead atoms. The van der Waals surface area contributed by atoms with Crippen molar-refractivity contribution in [2.45, 2.75) is 6.92 Å². The van der Waals surface area contributed by atoms with Crippen molar-refractivity contribution in [1.82, 2.24) is 0 Å². The monoisotopic (exact) mass is 210 g/mol. The first kappa shape index (κ1) is 11.0. The molecule has 1 aromatic carbocycles. The summed E-state index contributed by atoms with van der Waals surface area (Å²) in [6, 6.07) is 7.24. The van der Waals surface area contributed by atoms with Gasteiger partial charge in [0.25, 0.3) is 0 Å². The van der Waals surface area contributed by atoms with Crippen LogP contribution in [-0.4, -0.2) is 27.9 Å². The van der Waals surface area contributed by atoms with Gasteiger partial charge in [-0.1, -0.05) is 29.8 Å². The van der Waals surface area contributed by atoms with Crippen LogP contribution in [0.25, 0.3) is 0 Å². The van der Waals surface area contributed by atoms with E-state index in [1.54, 1.807) is 24.6 Å². The highest BCUT2D eigenvalue weighted by molar-refractivity contribution is 8.01. The molecule has 76 valence electrons. The molecule has 0 aromatic heterocycles. The molecule has 0 radical (unpaired) electrons. The fourth-order valence-corrected chi connectivity index (χ4v) is 1.70. The van der Waals surface area contributed by atoms with Crippen LogP contribution < -0.4 is 0 Å². The lowest BCUT2D eigenvalue weighted by Crippen LogP contribution is -2.08. The van der Waals surface area contributed by atoms with Gasteiger partial charge in [-0.2, -0.15) is 0 Å². The first-order chi connectivity index (χ1) is 6.38. The van der Waals surface area contributed by atoms with E-state index in [0.29, 0.717) is 5.56 Å². The molecule has 1 rings (SSSR count). The Bertz CT molecular complexity index is 441. The minimum atomic E-state index is -2.11. The minimum Gasteiger partial charge on any atom is -0.289 e. The predicted octanol–water partition coefficient (Wildman–Crippen LogP) is 1.52. The zero-order valence-electron chi connectivity index (χ0n) is 8.61. The number of ketones is 1. The molecule has 0 aliphatic rings. The highest BCUT2D eigenvalue weighted by Gasteiger charge is 2.03. The van der Waals surface area contributed by atoms with E-state index in [2.05, 4.69) is 0 Å². The van der Waals surface area contributed by atoms with Crippen molar-refractivity contribution in [2.24, 2.45) is 0 Å². The van der Waals surface area contributed by atoms with E-state index in [1.165, 1.54) is 5.37 Å². The second kappa shape index (κ2) is 3.96. The highest BCUT2D eigenvalue weighted by atomic mass is 32.2. The summed E-state index contributed by atoms with van der Waals surface area (Å²) in [4.78, 5) is 11.5. The summed E-state index contributed by atoms with van der Waals surface area (Å²) in [6.45, 7) is 1.96. The zero-order valence-corrected chi connectivity index (χ0v) is 9.43. The van der Waals surface area contributed by atoms with Crippen LogP contribution in [-0.2, 0) is 9.52 Å². The van der Waals surface area contributed by atoms with Crippen LogP contribution in [0.15, 0.2) is 24.3 Å². The Morgan fingerprint density at radius 3 is 2.14 bits per heavy atom. The zero-order chi connectivity index (χ0) is 10.8. The van der Waals surface area contributed by atoms with E-state index in [0.717, 1.165) is 5.56 Å². The molecule has 0 saturated heterocycles. The number of hydrogen-bond donors (Lipinski definition) is 0. The maximum absolute atomic E-state index is 11.5. The van der Waals surface area contributed by atoms with Gasteiger partial charge in [-0.15, -0.1) is 0 Å². The standard InChI is InChI=1S/C11H14O2S/c1-9-4-6-10(7-5-9)11(12)8-14(2,3)13/h4-8H,1-3H3. The smallest absolute Gasteiger partial charge is 0.193 e. The average molecular weight is 210 g/mol. The molecule has 0 aliphatic carbocycles. The van der Waals surface area contributed by atoms with Crippen molar-refractivity contribution in [3.05, 3.63) is 35.4 Å². The lowest BCUT2D eigenvalue weighted by molar-refractivity contribution is 0.107. The number of carbonyl (C=O) groups excluding carboxylic acids is 1. The molecule has 0 unspecified atom stereocenters. The molecule has 1 aromatic rings. The predicted molar refractivity (Wildman–Crippen MR) is 61.6 cm³/mol. The van der Waals surface area contributed by atoms with Crippen LogP contribution in [0.2, 0.25) is 0 Å². The molecule has 0 amide bonds. The van der Waals surface area contributed by atoms with Crippen LogP contribution >= 0.6 is 0 Å². The lowest BCUT2D eigenvalue weighted by Gasteiger charge is -1.98. The second-order valence-electron chi connectivity index (χ2n) is 3.66. The maximum Gasteiger partial charge on any atom is 0.193 e. The summed E-state index contributed by atoms with van der Waals surface area (Å²) in [6.07, 6.45) is 3.11. The van der Waals surface area contributed by atoms with Gasteiger partial charge in [0.1, 0.15) is 0 Å². The van der Waals surface area contributed by atoms with E-state index < -0.39 is 9.52 Å². The van der Waals surface area contributed by atoms with Gasteiger partial charge < -0.3 is 0 Å². The third kappa shape index (κ3) is 3.34. The summed E-state index contributed by atoms with van der Waals surface area (Å²) >= 11 is 0. The Kier molecular flexibility index (Phi) is 3.11. The quantitative estimate of drug-likeness (QED) is 0.548. The Morgan fingerprint density at radius 2 is 1.71 bits per heavy atom. The summed E-state index contributed by atoms with van der Waals surface area (Å²) < 4.78 is 11.4. The molecule has 2 nitrogen and oxygen atoms in total. The normalized spacial score (nSPS) is 11.1. The molecular weight excluding hydrogens is 196 g/mol. The summed E-state index contributed by atoms with van der Waals surface area (Å²) in [5.74, 6) is -0.167. The van der Waals surface area contributed by atoms with Crippen LogP contribution in [0.5, 0.6) is 0 Å². The number of rotatable bonds is 2. The minimum absolute atomic E-state index is 0.167. The molecule has 0 heterocycles. The molecule has 14 heavy (non-hydrogen) atoms. The maximum atomic E-state index is 11.5. The van der Waals surface area contributed by atoms with Crippen LogP contribution in [0.1, 0.15) is 15.9 Å². The van der Waals surface area contributed by atoms with E-state index in [4.69, 9.17) is 0 Å². The average Bonchev–Trinajstić information content (AvgIpc) is 2.02. The third-order valence-electron chi connectivity index (χ3n) is 1.73. The van der Waals surface area contributed by atoms with Crippen molar-refractivity contribution in [3.63, 3.8) is 0 Å². The Morgan fingerprint density at radius 1 is 1.21 bits per heavy atom. The van der Waals surface area contributed by atoms with Crippen molar-refractivity contribution in [2.75, 3.05) is 12.5 Å².